The van der Waals surface area contributed by atoms with Crippen LogP contribution in [0.15, 0.2) is 42.5 Å². The molecule has 3 rings (SSSR count). The van der Waals surface area contributed by atoms with Crippen molar-refractivity contribution in [1.82, 2.24) is 0 Å². The SMILES string of the molecule is CCOC(=O)C[C@]1(O)c2ccccc2C=Cc2ccc(Cl)cc21. The third-order valence-corrected chi connectivity index (χ3v) is 4.25. The van der Waals surface area contributed by atoms with Gasteiger partial charge < -0.3 is 9.84 Å². The monoisotopic (exact) mass is 328 g/mol. The van der Waals surface area contributed by atoms with Crippen LogP contribution in [-0.4, -0.2) is 17.7 Å². The largest absolute Gasteiger partial charge is 0.466 e. The predicted molar refractivity (Wildman–Crippen MR) is 91.1 cm³/mol. The van der Waals surface area contributed by atoms with Crippen molar-refractivity contribution in [2.24, 2.45) is 0 Å². The maximum atomic E-state index is 12.1. The number of hydrogen-bond acceptors (Lipinski definition) is 3. The molecule has 0 fully saturated rings. The average molecular weight is 329 g/mol. The van der Waals surface area contributed by atoms with Gasteiger partial charge in [0.25, 0.3) is 0 Å². The highest BCUT2D eigenvalue weighted by Gasteiger charge is 2.39. The lowest BCUT2D eigenvalue weighted by Gasteiger charge is -2.30. The molecule has 0 saturated heterocycles. The van der Waals surface area contributed by atoms with Crippen molar-refractivity contribution in [2.75, 3.05) is 6.61 Å². The second-order valence-corrected chi connectivity index (χ2v) is 5.93. The third kappa shape index (κ3) is 2.90. The van der Waals surface area contributed by atoms with E-state index >= 15 is 0 Å². The van der Waals surface area contributed by atoms with Crippen LogP contribution in [0.4, 0.5) is 0 Å². The number of aliphatic hydroxyl groups is 1. The second kappa shape index (κ2) is 6.19. The van der Waals surface area contributed by atoms with E-state index in [1.165, 1.54) is 0 Å². The van der Waals surface area contributed by atoms with Crippen molar-refractivity contribution in [1.29, 1.82) is 0 Å². The van der Waals surface area contributed by atoms with E-state index < -0.39 is 11.6 Å². The summed E-state index contributed by atoms with van der Waals surface area (Å²) in [7, 11) is 0. The van der Waals surface area contributed by atoms with Crippen molar-refractivity contribution in [3.8, 4) is 0 Å². The molecule has 0 radical (unpaired) electrons. The van der Waals surface area contributed by atoms with Crippen LogP contribution in [-0.2, 0) is 15.1 Å². The summed E-state index contributed by atoms with van der Waals surface area (Å²) in [6, 6.07) is 12.8. The van der Waals surface area contributed by atoms with Crippen LogP contribution in [0, 0.1) is 0 Å². The molecule has 0 saturated carbocycles. The molecular weight excluding hydrogens is 312 g/mol. The smallest absolute Gasteiger partial charge is 0.309 e. The Hall–Kier alpha value is -2.10. The standard InChI is InChI=1S/C19H17ClO3/c1-2-23-18(21)12-19(22)16-6-4-3-5-13(16)7-8-14-9-10-15(20)11-17(14)19/h3-11,22H,2,12H2,1H3/t19-/m0/s1. The number of carbonyl (C=O) groups excluding carboxylic acids is 1. The molecule has 2 aromatic rings. The van der Waals surface area contributed by atoms with Crippen molar-refractivity contribution in [2.45, 2.75) is 18.9 Å². The van der Waals surface area contributed by atoms with Gasteiger partial charge in [0.05, 0.1) is 13.0 Å². The number of ether oxygens (including phenoxy) is 1. The number of rotatable bonds is 3. The Morgan fingerprint density at radius 1 is 1.13 bits per heavy atom. The van der Waals surface area contributed by atoms with Crippen LogP contribution in [0.5, 0.6) is 0 Å². The zero-order valence-electron chi connectivity index (χ0n) is 12.8. The number of carbonyl (C=O) groups is 1. The van der Waals surface area contributed by atoms with Gasteiger partial charge in [-0.3, -0.25) is 4.79 Å². The van der Waals surface area contributed by atoms with E-state index in [0.717, 1.165) is 11.1 Å². The minimum absolute atomic E-state index is 0.160. The zero-order valence-corrected chi connectivity index (χ0v) is 13.5. The molecule has 4 heteroatoms. The number of esters is 1. The summed E-state index contributed by atoms with van der Waals surface area (Å²) in [5, 5.41) is 12.0. The highest BCUT2D eigenvalue weighted by Crippen LogP contribution is 2.41. The maximum absolute atomic E-state index is 12.1. The minimum atomic E-state index is -1.48. The molecule has 1 atom stereocenters. The van der Waals surface area contributed by atoms with Crippen LogP contribution in [0.25, 0.3) is 12.2 Å². The number of fused-ring (bicyclic) bond motifs is 2. The van der Waals surface area contributed by atoms with E-state index in [2.05, 4.69) is 0 Å². The second-order valence-electron chi connectivity index (χ2n) is 5.49. The highest BCUT2D eigenvalue weighted by atomic mass is 35.5. The molecule has 0 aliphatic heterocycles. The molecule has 0 aromatic heterocycles. The summed E-state index contributed by atoms with van der Waals surface area (Å²) in [5.41, 5.74) is 1.50. The molecule has 1 N–H and O–H groups in total. The van der Waals surface area contributed by atoms with Gasteiger partial charge in [-0.1, -0.05) is 54.1 Å². The lowest BCUT2D eigenvalue weighted by Crippen LogP contribution is -2.32. The normalized spacial score (nSPS) is 18.7. The van der Waals surface area contributed by atoms with E-state index in [-0.39, 0.29) is 13.0 Å². The Balaban J connectivity index is 2.21. The van der Waals surface area contributed by atoms with Crippen molar-refractivity contribution < 1.29 is 14.6 Å². The van der Waals surface area contributed by atoms with Crippen molar-refractivity contribution >= 4 is 29.7 Å². The van der Waals surface area contributed by atoms with Gasteiger partial charge >= 0.3 is 5.97 Å². The van der Waals surface area contributed by atoms with E-state index in [1.807, 2.05) is 42.5 Å². The van der Waals surface area contributed by atoms with Gasteiger partial charge in [-0.2, -0.15) is 0 Å². The Bertz CT molecular complexity index is 782. The molecule has 23 heavy (non-hydrogen) atoms. The Morgan fingerprint density at radius 3 is 2.57 bits per heavy atom. The maximum Gasteiger partial charge on any atom is 0.309 e. The molecule has 1 aliphatic carbocycles. The average Bonchev–Trinajstić information content (AvgIpc) is 2.64. The predicted octanol–water partition coefficient (Wildman–Crippen LogP) is 4.01. The minimum Gasteiger partial charge on any atom is -0.466 e. The van der Waals surface area contributed by atoms with Crippen molar-refractivity contribution in [3.05, 3.63) is 69.7 Å². The van der Waals surface area contributed by atoms with Crippen LogP contribution in [0.2, 0.25) is 5.02 Å². The summed E-state index contributed by atoms with van der Waals surface area (Å²) in [4.78, 5) is 12.1. The first-order valence-corrected chi connectivity index (χ1v) is 7.88. The van der Waals surface area contributed by atoms with Crippen LogP contribution >= 0.6 is 11.6 Å². The molecule has 0 heterocycles. The topological polar surface area (TPSA) is 46.5 Å². The van der Waals surface area contributed by atoms with Gasteiger partial charge in [0.15, 0.2) is 0 Å². The Morgan fingerprint density at radius 2 is 1.83 bits per heavy atom. The first-order chi connectivity index (χ1) is 11.0. The lowest BCUT2D eigenvalue weighted by molar-refractivity contribution is -0.147. The van der Waals surface area contributed by atoms with Gasteiger partial charge in [0.1, 0.15) is 5.60 Å². The molecule has 0 unspecified atom stereocenters. The summed E-state index contributed by atoms with van der Waals surface area (Å²) in [5.74, 6) is -0.447. The van der Waals surface area contributed by atoms with Gasteiger partial charge in [0, 0.05) is 5.02 Å². The van der Waals surface area contributed by atoms with E-state index in [4.69, 9.17) is 16.3 Å². The summed E-state index contributed by atoms with van der Waals surface area (Å²) in [6.45, 7) is 2.02. The number of benzene rings is 2. The molecule has 0 amide bonds. The first-order valence-electron chi connectivity index (χ1n) is 7.50. The van der Waals surface area contributed by atoms with Gasteiger partial charge in [-0.25, -0.2) is 0 Å². The van der Waals surface area contributed by atoms with E-state index in [9.17, 15) is 9.90 Å². The van der Waals surface area contributed by atoms with Gasteiger partial charge in [-0.05, 0) is 41.3 Å². The molecule has 2 aromatic carbocycles. The molecule has 3 nitrogen and oxygen atoms in total. The Labute approximate surface area is 140 Å². The Kier molecular flexibility index (Phi) is 4.24. The first kappa shape index (κ1) is 15.8. The van der Waals surface area contributed by atoms with E-state index in [1.54, 1.807) is 19.1 Å². The fraction of sp³-hybridized carbons (Fsp3) is 0.211. The highest BCUT2D eigenvalue weighted by molar-refractivity contribution is 6.30. The molecule has 0 spiro atoms. The molecular formula is C19H17ClO3. The third-order valence-electron chi connectivity index (χ3n) is 4.02. The lowest BCUT2D eigenvalue weighted by atomic mass is 9.81. The summed E-state index contributed by atoms with van der Waals surface area (Å²) < 4.78 is 5.06. The number of hydrogen-bond donors (Lipinski definition) is 1. The van der Waals surface area contributed by atoms with Gasteiger partial charge in [0.2, 0.25) is 0 Å². The molecule has 118 valence electrons. The van der Waals surface area contributed by atoms with Crippen molar-refractivity contribution in [3.63, 3.8) is 0 Å². The fourth-order valence-corrected chi connectivity index (χ4v) is 3.16. The van der Waals surface area contributed by atoms with E-state index in [0.29, 0.717) is 16.1 Å². The fourth-order valence-electron chi connectivity index (χ4n) is 2.99. The number of halogens is 1. The van der Waals surface area contributed by atoms with Crippen LogP contribution in [0.1, 0.15) is 35.6 Å². The zero-order chi connectivity index (χ0) is 16.4. The van der Waals surface area contributed by atoms with Crippen LogP contribution in [0.3, 0.4) is 0 Å². The molecule has 0 bridgehead atoms. The summed E-state index contributed by atoms with van der Waals surface area (Å²) in [6.07, 6.45) is 3.70. The molecule has 1 aliphatic rings. The summed E-state index contributed by atoms with van der Waals surface area (Å²) >= 11 is 6.13. The quantitative estimate of drug-likeness (QED) is 0.866. The van der Waals surface area contributed by atoms with Gasteiger partial charge in [-0.15, -0.1) is 0 Å². The van der Waals surface area contributed by atoms with Crippen LogP contribution < -0.4 is 0 Å².